The van der Waals surface area contributed by atoms with Crippen molar-refractivity contribution in [2.24, 2.45) is 0 Å². The van der Waals surface area contributed by atoms with Crippen LogP contribution in [0.4, 0.5) is 19.0 Å². The van der Waals surface area contributed by atoms with Gasteiger partial charge in [-0.05, 0) is 12.8 Å². The highest BCUT2D eigenvalue weighted by atomic mass is 35.5. The van der Waals surface area contributed by atoms with E-state index in [0.29, 0.717) is 13.2 Å². The van der Waals surface area contributed by atoms with E-state index in [2.05, 4.69) is 9.97 Å². The van der Waals surface area contributed by atoms with Gasteiger partial charge in [-0.15, -0.1) is 0 Å². The average molecular weight is 296 g/mol. The zero-order chi connectivity index (χ0) is 14.0. The molecule has 1 saturated heterocycles. The number of alkyl halides is 3. The minimum Gasteiger partial charge on any atom is -0.381 e. The molecule has 1 aliphatic rings. The van der Waals surface area contributed by atoms with Gasteiger partial charge in [-0.3, -0.25) is 0 Å². The summed E-state index contributed by atoms with van der Waals surface area (Å²) < 4.78 is 43.1. The molecule has 0 saturated carbocycles. The van der Waals surface area contributed by atoms with Crippen molar-refractivity contribution in [3.63, 3.8) is 0 Å². The fraction of sp³-hybridized carbons (Fsp3) is 0.636. The van der Waals surface area contributed by atoms with E-state index in [1.807, 2.05) is 0 Å². The van der Waals surface area contributed by atoms with Crippen molar-refractivity contribution in [3.05, 3.63) is 17.0 Å². The first kappa shape index (κ1) is 14.3. The standard InChI is InChI=1S/C11H13ClF3N3O/c1-18(7-2-4-19-5-3-7)9-6-8(12)16-10(17-9)11(13,14)15/h6-7H,2-5H2,1H3. The Morgan fingerprint density at radius 1 is 1.32 bits per heavy atom. The topological polar surface area (TPSA) is 38.2 Å². The van der Waals surface area contributed by atoms with Crippen molar-refractivity contribution in [2.45, 2.75) is 25.1 Å². The van der Waals surface area contributed by atoms with E-state index >= 15 is 0 Å². The van der Waals surface area contributed by atoms with E-state index in [-0.39, 0.29) is 17.0 Å². The molecule has 0 unspecified atom stereocenters. The van der Waals surface area contributed by atoms with Crippen LogP contribution in [0.3, 0.4) is 0 Å². The first-order chi connectivity index (χ1) is 8.88. The number of aromatic nitrogens is 2. The van der Waals surface area contributed by atoms with Crippen molar-refractivity contribution in [1.82, 2.24) is 9.97 Å². The predicted molar refractivity (Wildman–Crippen MR) is 64.3 cm³/mol. The zero-order valence-corrected chi connectivity index (χ0v) is 11.0. The number of rotatable bonds is 2. The van der Waals surface area contributed by atoms with Crippen LogP contribution < -0.4 is 4.90 Å². The van der Waals surface area contributed by atoms with E-state index in [4.69, 9.17) is 16.3 Å². The summed E-state index contributed by atoms with van der Waals surface area (Å²) in [7, 11) is 1.70. The van der Waals surface area contributed by atoms with Gasteiger partial charge in [0.15, 0.2) is 0 Å². The number of ether oxygens (including phenoxy) is 1. The van der Waals surface area contributed by atoms with Crippen LogP contribution in [0.1, 0.15) is 18.7 Å². The molecule has 19 heavy (non-hydrogen) atoms. The van der Waals surface area contributed by atoms with Gasteiger partial charge in [-0.1, -0.05) is 11.6 Å². The van der Waals surface area contributed by atoms with E-state index in [1.54, 1.807) is 11.9 Å². The summed E-state index contributed by atoms with van der Waals surface area (Å²) >= 11 is 5.64. The van der Waals surface area contributed by atoms with Gasteiger partial charge >= 0.3 is 6.18 Å². The summed E-state index contributed by atoms with van der Waals surface area (Å²) in [6.07, 6.45) is -3.10. The number of anilines is 1. The Balaban J connectivity index is 2.26. The van der Waals surface area contributed by atoms with Gasteiger partial charge in [0, 0.05) is 32.4 Å². The van der Waals surface area contributed by atoms with E-state index < -0.39 is 12.0 Å². The molecule has 2 rings (SSSR count). The normalized spacial score (nSPS) is 17.5. The zero-order valence-electron chi connectivity index (χ0n) is 10.2. The van der Waals surface area contributed by atoms with Crippen LogP contribution in [0.5, 0.6) is 0 Å². The van der Waals surface area contributed by atoms with Crippen molar-refractivity contribution in [1.29, 1.82) is 0 Å². The molecule has 0 bridgehead atoms. The first-order valence-electron chi connectivity index (χ1n) is 5.80. The number of nitrogens with zero attached hydrogens (tertiary/aromatic N) is 3. The molecule has 0 atom stereocenters. The molecule has 1 aromatic heterocycles. The van der Waals surface area contributed by atoms with Gasteiger partial charge in [-0.2, -0.15) is 13.2 Å². The lowest BCUT2D eigenvalue weighted by atomic mass is 10.1. The van der Waals surface area contributed by atoms with E-state index in [0.717, 1.165) is 12.8 Å². The van der Waals surface area contributed by atoms with Gasteiger partial charge in [-0.25, -0.2) is 9.97 Å². The summed E-state index contributed by atoms with van der Waals surface area (Å²) in [5, 5.41) is -0.212. The van der Waals surface area contributed by atoms with Crippen LogP contribution in [-0.2, 0) is 10.9 Å². The smallest absolute Gasteiger partial charge is 0.381 e. The molecular formula is C11H13ClF3N3O. The monoisotopic (exact) mass is 295 g/mol. The maximum atomic E-state index is 12.6. The Morgan fingerprint density at radius 3 is 2.53 bits per heavy atom. The van der Waals surface area contributed by atoms with E-state index in [9.17, 15) is 13.2 Å². The summed E-state index contributed by atoms with van der Waals surface area (Å²) in [6, 6.07) is 1.44. The third-order valence-electron chi connectivity index (χ3n) is 3.03. The molecule has 0 amide bonds. The Morgan fingerprint density at radius 2 is 1.95 bits per heavy atom. The molecule has 1 aromatic rings. The maximum Gasteiger partial charge on any atom is 0.451 e. The van der Waals surface area contributed by atoms with Gasteiger partial charge < -0.3 is 9.64 Å². The molecule has 4 nitrogen and oxygen atoms in total. The number of hydrogen-bond acceptors (Lipinski definition) is 4. The van der Waals surface area contributed by atoms with Crippen molar-refractivity contribution < 1.29 is 17.9 Å². The molecule has 106 valence electrons. The quantitative estimate of drug-likeness (QED) is 0.787. The summed E-state index contributed by atoms with van der Waals surface area (Å²) in [5.41, 5.74) is 0. The van der Waals surface area contributed by atoms with Crippen LogP contribution in [-0.4, -0.2) is 36.3 Å². The second-order valence-corrected chi connectivity index (χ2v) is 4.71. The lowest BCUT2D eigenvalue weighted by Gasteiger charge is -2.32. The highest BCUT2D eigenvalue weighted by molar-refractivity contribution is 6.29. The Kier molecular flexibility index (Phi) is 4.15. The molecule has 8 heteroatoms. The van der Waals surface area contributed by atoms with Gasteiger partial charge in [0.05, 0.1) is 0 Å². The Bertz CT molecular complexity index is 449. The van der Waals surface area contributed by atoms with E-state index in [1.165, 1.54) is 6.07 Å². The fourth-order valence-electron chi connectivity index (χ4n) is 1.97. The Labute approximate surface area is 113 Å². The second kappa shape index (κ2) is 5.50. The van der Waals surface area contributed by atoms with Gasteiger partial charge in [0.1, 0.15) is 11.0 Å². The lowest BCUT2D eigenvalue weighted by Crippen LogP contribution is -2.37. The molecule has 0 aliphatic carbocycles. The molecule has 1 aliphatic heterocycles. The van der Waals surface area contributed by atoms with Gasteiger partial charge in [0.25, 0.3) is 0 Å². The maximum absolute atomic E-state index is 12.6. The molecular weight excluding hydrogens is 283 g/mol. The molecule has 0 N–H and O–H groups in total. The lowest BCUT2D eigenvalue weighted by molar-refractivity contribution is -0.144. The summed E-state index contributed by atoms with van der Waals surface area (Å²) in [5.74, 6) is -1.03. The highest BCUT2D eigenvalue weighted by Crippen LogP contribution is 2.30. The average Bonchev–Trinajstić information content (AvgIpc) is 2.37. The summed E-state index contributed by atoms with van der Waals surface area (Å²) in [4.78, 5) is 8.45. The second-order valence-electron chi connectivity index (χ2n) is 4.32. The van der Waals surface area contributed by atoms with Crippen LogP contribution >= 0.6 is 11.6 Å². The minimum atomic E-state index is -4.60. The highest BCUT2D eigenvalue weighted by Gasteiger charge is 2.36. The largest absolute Gasteiger partial charge is 0.451 e. The molecule has 1 fully saturated rings. The third kappa shape index (κ3) is 3.48. The number of hydrogen-bond donors (Lipinski definition) is 0. The van der Waals surface area contributed by atoms with Crippen molar-refractivity contribution in [2.75, 3.05) is 25.2 Å². The van der Waals surface area contributed by atoms with Crippen LogP contribution in [0, 0.1) is 0 Å². The van der Waals surface area contributed by atoms with Gasteiger partial charge in [0.2, 0.25) is 5.82 Å². The predicted octanol–water partition coefficient (Wildman–Crippen LogP) is 2.76. The first-order valence-corrected chi connectivity index (χ1v) is 6.18. The van der Waals surface area contributed by atoms with Crippen LogP contribution in [0.2, 0.25) is 5.15 Å². The molecule has 2 heterocycles. The van der Waals surface area contributed by atoms with Crippen molar-refractivity contribution in [3.8, 4) is 0 Å². The fourth-order valence-corrected chi connectivity index (χ4v) is 2.15. The number of halogens is 4. The van der Waals surface area contributed by atoms with Crippen molar-refractivity contribution >= 4 is 17.4 Å². The summed E-state index contributed by atoms with van der Waals surface area (Å²) in [6.45, 7) is 1.19. The molecule has 0 radical (unpaired) electrons. The SMILES string of the molecule is CN(c1cc(Cl)nc(C(F)(F)F)n1)C1CCOCC1. The van der Waals surface area contributed by atoms with Crippen LogP contribution in [0.15, 0.2) is 6.07 Å². The molecule has 0 spiro atoms. The third-order valence-corrected chi connectivity index (χ3v) is 3.23. The minimum absolute atomic E-state index is 0.0980. The molecule has 0 aromatic carbocycles. The Hall–Kier alpha value is -1.08. The van der Waals surface area contributed by atoms with Crippen LogP contribution in [0.25, 0.3) is 0 Å².